The molecule has 3 aromatic carbocycles. The fourth-order valence-electron chi connectivity index (χ4n) is 3.64. The minimum Gasteiger partial charge on any atom is -0.726 e. The molecule has 0 radical (unpaired) electrons. The average Bonchev–Trinajstić information content (AvgIpc) is 3.25. The first-order valence-corrected chi connectivity index (χ1v) is 13.6. The largest absolute Gasteiger partial charge is 0.726 e. The molecule has 0 saturated heterocycles. The molecule has 0 amide bonds. The molecule has 1 atom stereocenters. The zero-order valence-electron chi connectivity index (χ0n) is 13.4. The predicted octanol–water partition coefficient (Wildman–Crippen LogP) is 6.23. The Bertz CT molecular complexity index is 1320. The Morgan fingerprint density at radius 1 is 1.04 bits per heavy atom. The van der Waals surface area contributed by atoms with Crippen LogP contribution in [0, 0.1) is 0 Å². The predicted molar refractivity (Wildman–Crippen MR) is 115 cm³/mol. The van der Waals surface area contributed by atoms with E-state index in [4.69, 9.17) is 17.5 Å². The van der Waals surface area contributed by atoms with Gasteiger partial charge < -0.3 is 4.55 Å². The third-order valence-electron chi connectivity index (χ3n) is 4.57. The fraction of sp³-hybridized carbons (Fsp3) is 0.0556. The Morgan fingerprint density at radius 2 is 1.70 bits per heavy atom. The van der Waals surface area contributed by atoms with E-state index in [0.717, 1.165) is 0 Å². The highest BCUT2D eigenvalue weighted by molar-refractivity contribution is 8.77. The molecular formula is C18H10O4S5. The minimum atomic E-state index is -4.92. The Morgan fingerprint density at radius 3 is 2.48 bits per heavy atom. The van der Waals surface area contributed by atoms with Crippen LogP contribution in [-0.2, 0) is 10.4 Å². The van der Waals surface area contributed by atoms with Crippen LogP contribution in [-0.4, -0.2) is 17.5 Å². The smallest absolute Gasteiger partial charge is 0.301 e. The molecule has 4 aromatic rings. The highest BCUT2D eigenvalue weighted by atomic mass is 33.1. The van der Waals surface area contributed by atoms with Crippen molar-refractivity contribution in [2.75, 3.05) is 0 Å². The summed E-state index contributed by atoms with van der Waals surface area (Å²) in [6.45, 7) is 0. The normalized spacial score (nSPS) is 16.9. The Hall–Kier alpha value is -1.20. The molecule has 6 rings (SSSR count). The molecule has 0 bridgehead atoms. The average molecular weight is 451 g/mol. The summed E-state index contributed by atoms with van der Waals surface area (Å²) in [6.07, 6.45) is 0. The molecule has 0 saturated carbocycles. The molecular weight excluding hydrogens is 441 g/mol. The molecule has 136 valence electrons. The summed E-state index contributed by atoms with van der Waals surface area (Å²) in [5, 5.41) is 4.89. The van der Waals surface area contributed by atoms with Crippen LogP contribution in [0.3, 0.4) is 0 Å². The monoisotopic (exact) mass is 450 g/mol. The molecule has 27 heavy (non-hydrogen) atoms. The summed E-state index contributed by atoms with van der Waals surface area (Å²) < 4.78 is 34.3. The van der Waals surface area contributed by atoms with Crippen LogP contribution in [0.2, 0.25) is 0 Å². The van der Waals surface area contributed by atoms with Gasteiger partial charge in [0.1, 0.15) is 4.88 Å². The third kappa shape index (κ3) is 2.89. The maximum atomic E-state index is 8.63. The van der Waals surface area contributed by atoms with Crippen LogP contribution < -0.4 is 0 Å². The molecule has 1 N–H and O–H groups in total. The van der Waals surface area contributed by atoms with Gasteiger partial charge >= 0.3 is 10.3 Å². The van der Waals surface area contributed by atoms with Crippen molar-refractivity contribution in [3.8, 4) is 10.4 Å². The van der Waals surface area contributed by atoms with Crippen LogP contribution in [0.1, 0.15) is 16.4 Å². The van der Waals surface area contributed by atoms with E-state index >= 15 is 0 Å². The molecule has 2 heterocycles. The van der Waals surface area contributed by atoms with Gasteiger partial charge in [-0.2, -0.15) is 0 Å². The van der Waals surface area contributed by atoms with Crippen LogP contribution in [0.15, 0.2) is 53.4 Å². The van der Waals surface area contributed by atoms with Crippen LogP contribution >= 0.6 is 42.3 Å². The van der Waals surface area contributed by atoms with Crippen molar-refractivity contribution >= 4 is 73.5 Å². The van der Waals surface area contributed by atoms with Crippen LogP contribution in [0.25, 0.3) is 31.3 Å². The van der Waals surface area contributed by atoms with E-state index in [-0.39, 0.29) is 0 Å². The van der Waals surface area contributed by atoms with Gasteiger partial charge in [0.15, 0.2) is 10.3 Å². The SMILES string of the molecule is O=S(=O)([O-])O.c1ccc2c(c1)-c1s[s+]c3c1c1c(c4ccccc43)SSC21. The number of hydrogen-bond donors (Lipinski definition) is 1. The van der Waals surface area contributed by atoms with Gasteiger partial charge in [-0.25, -0.2) is 8.42 Å². The van der Waals surface area contributed by atoms with Gasteiger partial charge in [0.05, 0.1) is 16.0 Å². The second kappa shape index (κ2) is 6.41. The maximum absolute atomic E-state index is 8.63. The zero-order valence-corrected chi connectivity index (χ0v) is 17.5. The summed E-state index contributed by atoms with van der Waals surface area (Å²) in [7, 11) is 2.97. The summed E-state index contributed by atoms with van der Waals surface area (Å²) in [6, 6.07) is 17.9. The fourth-order valence-corrected chi connectivity index (χ4v) is 9.74. The number of benzene rings is 3. The Kier molecular flexibility index (Phi) is 4.24. The molecule has 1 aromatic heterocycles. The van der Waals surface area contributed by atoms with Crippen molar-refractivity contribution in [3.05, 3.63) is 59.7 Å². The van der Waals surface area contributed by atoms with E-state index in [9.17, 15) is 0 Å². The summed E-state index contributed by atoms with van der Waals surface area (Å²) in [5.41, 5.74) is 4.53. The molecule has 1 aliphatic heterocycles. The highest BCUT2D eigenvalue weighted by Gasteiger charge is 2.40. The van der Waals surface area contributed by atoms with Gasteiger partial charge in [0, 0.05) is 21.4 Å². The first kappa shape index (κ1) is 17.9. The number of fused-ring (bicyclic) bond motifs is 6. The Labute approximate surface area is 170 Å². The lowest BCUT2D eigenvalue weighted by Crippen LogP contribution is -2.02. The summed E-state index contributed by atoms with van der Waals surface area (Å²) >= 11 is 0. The summed E-state index contributed by atoms with van der Waals surface area (Å²) in [5.74, 6) is 0. The van der Waals surface area contributed by atoms with E-state index in [1.54, 1.807) is 5.56 Å². The van der Waals surface area contributed by atoms with E-state index in [0.29, 0.717) is 5.25 Å². The van der Waals surface area contributed by atoms with Crippen molar-refractivity contribution in [2.45, 2.75) is 10.1 Å². The van der Waals surface area contributed by atoms with Crippen molar-refractivity contribution in [3.63, 3.8) is 0 Å². The molecule has 0 spiro atoms. The van der Waals surface area contributed by atoms with Gasteiger partial charge in [-0.15, -0.1) is 0 Å². The lowest BCUT2D eigenvalue weighted by Gasteiger charge is -2.20. The van der Waals surface area contributed by atoms with Crippen molar-refractivity contribution in [1.29, 1.82) is 0 Å². The molecule has 9 heteroatoms. The Balaban J connectivity index is 0.000000288. The summed E-state index contributed by atoms with van der Waals surface area (Å²) in [4.78, 5) is 2.98. The molecule has 1 aliphatic carbocycles. The highest BCUT2D eigenvalue weighted by Crippen LogP contribution is 2.65. The van der Waals surface area contributed by atoms with Crippen molar-refractivity contribution in [2.24, 2.45) is 0 Å². The topological polar surface area (TPSA) is 77.4 Å². The minimum absolute atomic E-state index is 0.498. The standard InChI is InChI=1S/C18H9S4.H2O4S/c1-2-6-10-9(5-1)15-13-14-16(10)20-22-18(14)12-8-4-3-7-11(12)17(13)21-19-15;1-5(2,3)4/h1-8,15H;(H2,1,2,3,4)/q+1;/p-1. The van der Waals surface area contributed by atoms with Gasteiger partial charge in [-0.1, -0.05) is 64.1 Å². The van der Waals surface area contributed by atoms with E-state index in [2.05, 4.69) is 48.5 Å². The molecule has 4 nitrogen and oxygen atoms in total. The van der Waals surface area contributed by atoms with Gasteiger partial charge in [-0.05, 0) is 11.6 Å². The van der Waals surface area contributed by atoms with Crippen molar-refractivity contribution in [1.82, 2.24) is 0 Å². The quantitative estimate of drug-likeness (QED) is 0.148. The number of rotatable bonds is 0. The van der Waals surface area contributed by atoms with Crippen molar-refractivity contribution < 1.29 is 17.5 Å². The third-order valence-corrected chi connectivity index (χ3v) is 9.84. The van der Waals surface area contributed by atoms with Gasteiger partial charge in [0.25, 0.3) is 4.70 Å². The van der Waals surface area contributed by atoms with Gasteiger partial charge in [0.2, 0.25) is 10.4 Å². The molecule has 0 fully saturated rings. The van der Waals surface area contributed by atoms with E-state index < -0.39 is 10.4 Å². The number of hydrogen-bond acceptors (Lipinski definition) is 6. The first-order chi connectivity index (χ1) is 12.9. The van der Waals surface area contributed by atoms with E-state index in [1.807, 2.05) is 42.3 Å². The molecule has 2 aliphatic rings. The lowest BCUT2D eigenvalue weighted by molar-refractivity contribution is 0.366. The lowest BCUT2D eigenvalue weighted by atomic mass is 9.87. The van der Waals surface area contributed by atoms with E-state index in [1.165, 1.54) is 41.8 Å². The first-order valence-electron chi connectivity index (χ1n) is 7.85. The maximum Gasteiger partial charge on any atom is 0.301 e. The molecule has 1 unspecified atom stereocenters. The van der Waals surface area contributed by atoms with Crippen LogP contribution in [0.5, 0.6) is 0 Å². The van der Waals surface area contributed by atoms with Gasteiger partial charge in [-0.3, -0.25) is 4.55 Å². The van der Waals surface area contributed by atoms with Crippen LogP contribution in [0.4, 0.5) is 0 Å². The zero-order chi connectivity index (χ0) is 18.8. The second-order valence-electron chi connectivity index (χ2n) is 6.06. The second-order valence-corrected chi connectivity index (χ2v) is 11.4.